The van der Waals surface area contributed by atoms with E-state index in [4.69, 9.17) is 5.11 Å². The van der Waals surface area contributed by atoms with Crippen molar-refractivity contribution in [3.63, 3.8) is 0 Å². The summed E-state index contributed by atoms with van der Waals surface area (Å²) in [5.41, 5.74) is 2.62. The third kappa shape index (κ3) is 2.46. The van der Waals surface area contributed by atoms with E-state index in [2.05, 4.69) is 25.9 Å². The zero-order valence-electron chi connectivity index (χ0n) is 10.1. The Morgan fingerprint density at radius 1 is 1.50 bits per heavy atom. The predicted molar refractivity (Wildman–Crippen MR) is 72.5 cm³/mol. The molecule has 0 bridgehead atoms. The van der Waals surface area contributed by atoms with E-state index in [0.717, 1.165) is 21.4 Å². The van der Waals surface area contributed by atoms with E-state index in [1.54, 1.807) is 6.92 Å². The van der Waals surface area contributed by atoms with Crippen molar-refractivity contribution in [2.45, 2.75) is 19.8 Å². The van der Waals surface area contributed by atoms with Gasteiger partial charge in [0.05, 0.1) is 5.69 Å². The lowest BCUT2D eigenvalue weighted by atomic mass is 10.1. The fourth-order valence-corrected chi connectivity index (χ4v) is 2.12. The number of benzene rings is 1. The van der Waals surface area contributed by atoms with Crippen LogP contribution in [0.25, 0.3) is 11.3 Å². The minimum Gasteiger partial charge on any atom is -0.481 e. The summed E-state index contributed by atoms with van der Waals surface area (Å²) in [5.74, 6) is -1.04. The monoisotopic (exact) mass is 308 g/mol. The molecule has 0 spiro atoms. The normalized spacial score (nSPS) is 12.4. The molecule has 0 aliphatic carbocycles. The number of nitrogens with zero attached hydrogens (tertiary/aromatic N) is 1. The highest BCUT2D eigenvalue weighted by Crippen LogP contribution is 2.26. The third-order valence-corrected chi connectivity index (χ3v) is 3.27. The van der Waals surface area contributed by atoms with Crippen molar-refractivity contribution in [2.24, 2.45) is 0 Å². The standard InChI is InChI=1S/C13H13BrN2O2/c1-7(13(17)18)12-15-8(2)11(16-12)9-4-3-5-10(14)6-9/h3-7H,1-2H3,(H,15,16)(H,17,18). The molecule has 1 atom stereocenters. The molecular formula is C13H13BrN2O2. The van der Waals surface area contributed by atoms with Gasteiger partial charge in [-0.05, 0) is 26.0 Å². The van der Waals surface area contributed by atoms with Crippen molar-refractivity contribution in [1.82, 2.24) is 9.97 Å². The SMILES string of the molecule is Cc1[nH]c(C(C)C(=O)O)nc1-c1cccc(Br)c1. The Morgan fingerprint density at radius 2 is 2.22 bits per heavy atom. The van der Waals surface area contributed by atoms with Crippen LogP contribution in [0.15, 0.2) is 28.7 Å². The number of aryl methyl sites for hydroxylation is 1. The summed E-state index contributed by atoms with van der Waals surface area (Å²) in [6, 6.07) is 7.77. The van der Waals surface area contributed by atoms with Crippen LogP contribution in [0.5, 0.6) is 0 Å². The quantitative estimate of drug-likeness (QED) is 0.914. The Labute approximate surface area is 113 Å². The van der Waals surface area contributed by atoms with Crippen LogP contribution in [-0.4, -0.2) is 21.0 Å². The van der Waals surface area contributed by atoms with Crippen LogP contribution in [0, 0.1) is 6.92 Å². The summed E-state index contributed by atoms with van der Waals surface area (Å²) in [6.07, 6.45) is 0. The molecule has 2 rings (SSSR count). The van der Waals surface area contributed by atoms with E-state index in [1.165, 1.54) is 0 Å². The largest absolute Gasteiger partial charge is 0.481 e. The molecule has 0 aliphatic rings. The molecule has 2 N–H and O–H groups in total. The van der Waals surface area contributed by atoms with Crippen LogP contribution < -0.4 is 0 Å². The summed E-state index contributed by atoms with van der Waals surface area (Å²) in [4.78, 5) is 18.4. The second-order valence-corrected chi connectivity index (χ2v) is 5.08. The first kappa shape index (κ1) is 12.8. The fourth-order valence-electron chi connectivity index (χ4n) is 1.72. The van der Waals surface area contributed by atoms with E-state index in [9.17, 15) is 4.79 Å². The number of hydrogen-bond acceptors (Lipinski definition) is 2. The molecular weight excluding hydrogens is 296 g/mol. The lowest BCUT2D eigenvalue weighted by molar-refractivity contribution is -0.138. The zero-order valence-corrected chi connectivity index (χ0v) is 11.7. The molecule has 0 saturated heterocycles. The number of imidazole rings is 1. The summed E-state index contributed by atoms with van der Waals surface area (Å²) < 4.78 is 0.968. The Morgan fingerprint density at radius 3 is 2.83 bits per heavy atom. The van der Waals surface area contributed by atoms with Gasteiger partial charge in [0, 0.05) is 15.7 Å². The number of nitrogens with one attached hydrogen (secondary N) is 1. The summed E-state index contributed by atoms with van der Waals surface area (Å²) >= 11 is 3.41. The molecule has 2 aromatic rings. The molecule has 0 amide bonds. The maximum Gasteiger partial charge on any atom is 0.313 e. The molecule has 1 aromatic carbocycles. The summed E-state index contributed by atoms with van der Waals surface area (Å²) in [5, 5.41) is 8.98. The number of H-pyrrole nitrogens is 1. The van der Waals surface area contributed by atoms with Gasteiger partial charge >= 0.3 is 5.97 Å². The number of carbonyl (C=O) groups is 1. The lowest BCUT2D eigenvalue weighted by Gasteiger charge is -2.00. The molecule has 0 radical (unpaired) electrons. The van der Waals surface area contributed by atoms with E-state index in [1.807, 2.05) is 31.2 Å². The average molecular weight is 309 g/mol. The topological polar surface area (TPSA) is 66.0 Å². The first-order chi connectivity index (χ1) is 8.49. The highest BCUT2D eigenvalue weighted by molar-refractivity contribution is 9.10. The van der Waals surface area contributed by atoms with Crippen LogP contribution in [0.1, 0.15) is 24.4 Å². The number of rotatable bonds is 3. The lowest BCUT2D eigenvalue weighted by Crippen LogP contribution is -2.08. The highest BCUT2D eigenvalue weighted by atomic mass is 79.9. The molecule has 1 unspecified atom stereocenters. The van der Waals surface area contributed by atoms with Crippen molar-refractivity contribution >= 4 is 21.9 Å². The fraction of sp³-hybridized carbons (Fsp3) is 0.231. The van der Waals surface area contributed by atoms with Crippen molar-refractivity contribution in [1.29, 1.82) is 0 Å². The molecule has 1 aromatic heterocycles. The predicted octanol–water partition coefficient (Wildman–Crippen LogP) is 3.34. The zero-order chi connectivity index (χ0) is 13.3. The van der Waals surface area contributed by atoms with Gasteiger partial charge < -0.3 is 10.1 Å². The smallest absolute Gasteiger partial charge is 0.313 e. The Hall–Kier alpha value is -1.62. The Balaban J connectivity index is 2.44. The second-order valence-electron chi connectivity index (χ2n) is 4.17. The van der Waals surface area contributed by atoms with Crippen LogP contribution in [0.4, 0.5) is 0 Å². The first-order valence-corrected chi connectivity index (χ1v) is 6.33. The van der Waals surface area contributed by atoms with Gasteiger partial charge in [0.2, 0.25) is 0 Å². The minimum atomic E-state index is -0.885. The van der Waals surface area contributed by atoms with E-state index in [-0.39, 0.29) is 0 Å². The number of halogens is 1. The second kappa shape index (κ2) is 4.94. The molecule has 5 heteroatoms. The van der Waals surface area contributed by atoms with Crippen molar-refractivity contribution in [2.75, 3.05) is 0 Å². The van der Waals surface area contributed by atoms with Crippen LogP contribution in [0.3, 0.4) is 0 Å². The number of aromatic amines is 1. The maximum atomic E-state index is 10.9. The van der Waals surface area contributed by atoms with Gasteiger partial charge in [-0.3, -0.25) is 4.79 Å². The van der Waals surface area contributed by atoms with Crippen molar-refractivity contribution in [3.8, 4) is 11.3 Å². The molecule has 94 valence electrons. The highest BCUT2D eigenvalue weighted by Gasteiger charge is 2.19. The molecule has 0 fully saturated rings. The van der Waals surface area contributed by atoms with E-state index < -0.39 is 11.9 Å². The van der Waals surface area contributed by atoms with Gasteiger partial charge in [-0.25, -0.2) is 4.98 Å². The maximum absolute atomic E-state index is 10.9. The van der Waals surface area contributed by atoms with Gasteiger partial charge in [0.25, 0.3) is 0 Å². The van der Waals surface area contributed by atoms with E-state index in [0.29, 0.717) is 5.82 Å². The third-order valence-electron chi connectivity index (χ3n) is 2.78. The van der Waals surface area contributed by atoms with Crippen molar-refractivity contribution < 1.29 is 9.90 Å². The molecule has 0 aliphatic heterocycles. The molecule has 0 saturated carbocycles. The Bertz CT molecular complexity index is 592. The number of carboxylic acids is 1. The van der Waals surface area contributed by atoms with Crippen molar-refractivity contribution in [3.05, 3.63) is 40.3 Å². The van der Waals surface area contributed by atoms with Crippen LogP contribution >= 0.6 is 15.9 Å². The molecule has 18 heavy (non-hydrogen) atoms. The number of aliphatic carboxylic acids is 1. The number of hydrogen-bond donors (Lipinski definition) is 2. The summed E-state index contributed by atoms with van der Waals surface area (Å²) in [7, 11) is 0. The average Bonchev–Trinajstić information content (AvgIpc) is 2.70. The van der Waals surface area contributed by atoms with Gasteiger partial charge in [-0.1, -0.05) is 28.1 Å². The van der Waals surface area contributed by atoms with Gasteiger partial charge in [0.15, 0.2) is 0 Å². The minimum absolute atomic E-state index is 0.481. The van der Waals surface area contributed by atoms with Gasteiger partial charge in [0.1, 0.15) is 11.7 Å². The number of carboxylic acid groups (broad SMARTS) is 1. The molecule has 1 heterocycles. The van der Waals surface area contributed by atoms with Crippen LogP contribution in [-0.2, 0) is 4.79 Å². The molecule has 4 nitrogen and oxygen atoms in total. The summed E-state index contributed by atoms with van der Waals surface area (Å²) in [6.45, 7) is 3.51. The first-order valence-electron chi connectivity index (χ1n) is 5.54. The van der Waals surface area contributed by atoms with E-state index >= 15 is 0 Å². The van der Waals surface area contributed by atoms with Gasteiger partial charge in [-0.15, -0.1) is 0 Å². The van der Waals surface area contributed by atoms with Crippen LogP contribution in [0.2, 0.25) is 0 Å². The number of aromatic nitrogens is 2. The Kier molecular flexibility index (Phi) is 3.52. The van der Waals surface area contributed by atoms with Gasteiger partial charge in [-0.2, -0.15) is 0 Å².